The second-order valence-electron chi connectivity index (χ2n) is 5.69. The van der Waals surface area contributed by atoms with Crippen molar-refractivity contribution >= 4 is 18.3 Å². The topological polar surface area (TPSA) is 64.3 Å². The number of nitrogens with two attached hydrogens (primary N) is 1. The summed E-state index contributed by atoms with van der Waals surface area (Å²) in [6, 6.07) is 7.65. The summed E-state index contributed by atoms with van der Waals surface area (Å²) >= 11 is 0. The summed E-state index contributed by atoms with van der Waals surface area (Å²) in [6.45, 7) is 2.34. The van der Waals surface area contributed by atoms with Crippen LogP contribution in [0, 0.1) is 0 Å². The summed E-state index contributed by atoms with van der Waals surface area (Å²) in [6.07, 6.45) is 4.53. The summed E-state index contributed by atoms with van der Waals surface area (Å²) in [5.41, 5.74) is 6.80. The molecule has 1 amide bonds. The molecule has 0 unspecified atom stereocenters. The summed E-state index contributed by atoms with van der Waals surface area (Å²) in [5, 5.41) is 3.00. The van der Waals surface area contributed by atoms with Crippen molar-refractivity contribution in [2.75, 3.05) is 13.7 Å². The minimum Gasteiger partial charge on any atom is -0.496 e. The zero-order chi connectivity index (χ0) is 14.6. The van der Waals surface area contributed by atoms with Gasteiger partial charge in [-0.25, -0.2) is 0 Å². The molecular weight excluding hydrogens is 288 g/mol. The van der Waals surface area contributed by atoms with Crippen LogP contribution < -0.4 is 15.8 Å². The molecule has 4 nitrogen and oxygen atoms in total. The second kappa shape index (κ2) is 7.66. The van der Waals surface area contributed by atoms with Crippen molar-refractivity contribution < 1.29 is 9.53 Å². The van der Waals surface area contributed by atoms with Gasteiger partial charge in [0.05, 0.1) is 13.2 Å². The highest BCUT2D eigenvalue weighted by Gasteiger charge is 2.38. The predicted molar refractivity (Wildman–Crippen MR) is 87.0 cm³/mol. The summed E-state index contributed by atoms with van der Waals surface area (Å²) in [4.78, 5) is 11.8. The summed E-state index contributed by atoms with van der Waals surface area (Å²) < 4.78 is 5.50. The lowest BCUT2D eigenvalue weighted by Gasteiger charge is -2.31. The van der Waals surface area contributed by atoms with E-state index in [1.807, 2.05) is 18.2 Å². The predicted octanol–water partition coefficient (Wildman–Crippen LogP) is 2.39. The lowest BCUT2D eigenvalue weighted by atomic mass is 9.78. The van der Waals surface area contributed by atoms with Crippen LogP contribution in [0.25, 0.3) is 0 Å². The van der Waals surface area contributed by atoms with Gasteiger partial charge in [0.2, 0.25) is 5.91 Å². The highest BCUT2D eigenvalue weighted by atomic mass is 35.5. The van der Waals surface area contributed by atoms with Crippen molar-refractivity contribution in [3.63, 3.8) is 0 Å². The molecule has 0 saturated heterocycles. The SMILES string of the molecule is COc1ccccc1C1(CNC(=O)[C@@H](C)N)CCCC1.Cl. The number of ether oxygens (including phenoxy) is 1. The maximum Gasteiger partial charge on any atom is 0.236 e. The molecule has 1 fully saturated rings. The Hall–Kier alpha value is -1.26. The van der Waals surface area contributed by atoms with Crippen molar-refractivity contribution in [2.45, 2.75) is 44.1 Å². The number of hydrogen-bond acceptors (Lipinski definition) is 3. The third-order valence-corrected chi connectivity index (χ3v) is 4.25. The van der Waals surface area contributed by atoms with E-state index in [1.54, 1.807) is 14.0 Å². The van der Waals surface area contributed by atoms with Gasteiger partial charge in [0, 0.05) is 17.5 Å². The van der Waals surface area contributed by atoms with Gasteiger partial charge in [-0.15, -0.1) is 12.4 Å². The van der Waals surface area contributed by atoms with Crippen molar-refractivity contribution in [3.8, 4) is 5.75 Å². The number of benzene rings is 1. The summed E-state index contributed by atoms with van der Waals surface area (Å²) in [7, 11) is 1.70. The number of para-hydroxylation sites is 1. The van der Waals surface area contributed by atoms with Crippen molar-refractivity contribution in [2.24, 2.45) is 5.73 Å². The second-order valence-corrected chi connectivity index (χ2v) is 5.69. The standard InChI is InChI=1S/C16H24N2O2.ClH/c1-12(17)15(19)18-11-16(9-5-6-10-16)13-7-3-4-8-14(13)20-2;/h3-4,7-8,12H,5-6,9-11,17H2,1-2H3,(H,18,19);1H/t12-;/m1./s1. The smallest absolute Gasteiger partial charge is 0.236 e. The number of hydrogen-bond donors (Lipinski definition) is 2. The van der Waals surface area contributed by atoms with E-state index < -0.39 is 6.04 Å². The van der Waals surface area contributed by atoms with E-state index in [9.17, 15) is 4.79 Å². The van der Waals surface area contributed by atoms with Gasteiger partial charge in [0.15, 0.2) is 0 Å². The molecular formula is C16H25ClN2O2. The maximum atomic E-state index is 11.8. The molecule has 2 rings (SSSR count). The van der Waals surface area contributed by atoms with E-state index in [1.165, 1.54) is 18.4 Å². The van der Waals surface area contributed by atoms with E-state index in [-0.39, 0.29) is 23.7 Å². The minimum absolute atomic E-state index is 0. The van der Waals surface area contributed by atoms with Gasteiger partial charge in [-0.3, -0.25) is 4.79 Å². The Morgan fingerprint density at radius 3 is 2.57 bits per heavy atom. The first-order valence-electron chi connectivity index (χ1n) is 7.26. The normalized spacial score (nSPS) is 17.7. The van der Waals surface area contributed by atoms with Gasteiger partial charge >= 0.3 is 0 Å². The Balaban J connectivity index is 0.00000220. The van der Waals surface area contributed by atoms with Crippen molar-refractivity contribution in [1.82, 2.24) is 5.32 Å². The number of methoxy groups -OCH3 is 1. The monoisotopic (exact) mass is 312 g/mol. The van der Waals surface area contributed by atoms with Crippen LogP contribution in [0.5, 0.6) is 5.75 Å². The van der Waals surface area contributed by atoms with Gasteiger partial charge in [-0.05, 0) is 25.8 Å². The van der Waals surface area contributed by atoms with Crippen LogP contribution in [-0.2, 0) is 10.2 Å². The first kappa shape index (κ1) is 17.8. The zero-order valence-electron chi connectivity index (χ0n) is 12.7. The fourth-order valence-corrected chi connectivity index (χ4v) is 3.09. The van der Waals surface area contributed by atoms with Crippen LogP contribution in [0.3, 0.4) is 0 Å². The van der Waals surface area contributed by atoms with Crippen LogP contribution in [-0.4, -0.2) is 25.6 Å². The van der Waals surface area contributed by atoms with Gasteiger partial charge in [-0.2, -0.15) is 0 Å². The fourth-order valence-electron chi connectivity index (χ4n) is 3.09. The van der Waals surface area contributed by atoms with Crippen LogP contribution in [0.15, 0.2) is 24.3 Å². The molecule has 1 aromatic rings. The zero-order valence-corrected chi connectivity index (χ0v) is 13.5. The molecule has 1 aliphatic carbocycles. The molecule has 1 aromatic carbocycles. The molecule has 0 aromatic heterocycles. The highest BCUT2D eigenvalue weighted by Crippen LogP contribution is 2.44. The minimum atomic E-state index is -0.467. The molecule has 21 heavy (non-hydrogen) atoms. The Kier molecular flexibility index (Phi) is 6.49. The van der Waals surface area contributed by atoms with E-state index in [2.05, 4.69) is 11.4 Å². The average molecular weight is 313 g/mol. The fraction of sp³-hybridized carbons (Fsp3) is 0.562. The van der Waals surface area contributed by atoms with Crippen LogP contribution >= 0.6 is 12.4 Å². The Labute approximate surface area is 132 Å². The third kappa shape index (κ3) is 3.89. The lowest BCUT2D eigenvalue weighted by molar-refractivity contribution is -0.122. The molecule has 5 heteroatoms. The number of nitrogens with one attached hydrogen (secondary N) is 1. The van der Waals surface area contributed by atoms with Gasteiger partial charge in [0.1, 0.15) is 5.75 Å². The maximum absolute atomic E-state index is 11.8. The molecule has 1 aliphatic rings. The molecule has 3 N–H and O–H groups in total. The molecule has 0 radical (unpaired) electrons. The quantitative estimate of drug-likeness (QED) is 0.877. The van der Waals surface area contributed by atoms with Crippen molar-refractivity contribution in [1.29, 1.82) is 0 Å². The molecule has 0 aliphatic heterocycles. The molecule has 1 saturated carbocycles. The van der Waals surface area contributed by atoms with E-state index in [0.29, 0.717) is 6.54 Å². The number of carbonyl (C=O) groups excluding carboxylic acids is 1. The third-order valence-electron chi connectivity index (χ3n) is 4.25. The molecule has 118 valence electrons. The Bertz CT molecular complexity index is 471. The lowest BCUT2D eigenvalue weighted by Crippen LogP contribution is -2.45. The van der Waals surface area contributed by atoms with Crippen molar-refractivity contribution in [3.05, 3.63) is 29.8 Å². The Morgan fingerprint density at radius 1 is 1.38 bits per heavy atom. The Morgan fingerprint density at radius 2 is 2.00 bits per heavy atom. The number of halogens is 1. The summed E-state index contributed by atoms with van der Waals surface area (Å²) in [5.74, 6) is 0.815. The largest absolute Gasteiger partial charge is 0.496 e. The van der Waals surface area contributed by atoms with E-state index in [4.69, 9.17) is 10.5 Å². The first-order chi connectivity index (χ1) is 9.59. The van der Waals surface area contributed by atoms with Gasteiger partial charge < -0.3 is 15.8 Å². The molecule has 0 bridgehead atoms. The number of amides is 1. The average Bonchev–Trinajstić information content (AvgIpc) is 2.94. The highest BCUT2D eigenvalue weighted by molar-refractivity contribution is 5.85. The van der Waals surface area contributed by atoms with Gasteiger partial charge in [-0.1, -0.05) is 31.0 Å². The van der Waals surface area contributed by atoms with E-state index >= 15 is 0 Å². The first-order valence-corrected chi connectivity index (χ1v) is 7.26. The van der Waals surface area contributed by atoms with E-state index in [0.717, 1.165) is 18.6 Å². The van der Waals surface area contributed by atoms with Gasteiger partial charge in [0.25, 0.3) is 0 Å². The van der Waals surface area contributed by atoms with Crippen LogP contribution in [0.1, 0.15) is 38.2 Å². The number of carbonyl (C=O) groups is 1. The molecule has 1 atom stereocenters. The number of rotatable bonds is 5. The van der Waals surface area contributed by atoms with Crippen LogP contribution in [0.2, 0.25) is 0 Å². The van der Waals surface area contributed by atoms with Crippen LogP contribution in [0.4, 0.5) is 0 Å². The molecule has 0 spiro atoms. The molecule has 0 heterocycles.